The number of H-pyrrole nitrogens is 1. The molecule has 7 nitrogen and oxygen atoms in total. The number of rotatable bonds is 3. The number of carbonyl (C=O) groups is 3. The number of aromatic amines is 1. The molecule has 110 valence electrons. The number of aromatic nitrogens is 1. The van der Waals surface area contributed by atoms with E-state index in [9.17, 15) is 14.4 Å². The van der Waals surface area contributed by atoms with Crippen molar-refractivity contribution in [3.05, 3.63) is 22.4 Å². The van der Waals surface area contributed by atoms with Gasteiger partial charge in [0.2, 0.25) is 5.91 Å². The molecule has 0 fully saturated rings. The Kier molecular flexibility index (Phi) is 5.32. The van der Waals surface area contributed by atoms with Crippen LogP contribution in [-0.2, 0) is 9.59 Å². The topological polar surface area (TPSA) is 103 Å². The fourth-order valence-electron chi connectivity index (χ4n) is 1.16. The second kappa shape index (κ2) is 6.56. The lowest BCUT2D eigenvalue weighted by molar-refractivity contribution is -0.131. The Balaban J connectivity index is 2.34. The van der Waals surface area contributed by atoms with Gasteiger partial charge < -0.3 is 10.3 Å². The van der Waals surface area contributed by atoms with Gasteiger partial charge in [-0.3, -0.25) is 25.2 Å². The Morgan fingerprint density at radius 3 is 2.40 bits per heavy atom. The van der Waals surface area contributed by atoms with Gasteiger partial charge in [-0.2, -0.15) is 0 Å². The lowest BCUT2D eigenvalue weighted by Crippen LogP contribution is -2.47. The van der Waals surface area contributed by atoms with E-state index < -0.39 is 17.2 Å². The van der Waals surface area contributed by atoms with Gasteiger partial charge in [-0.05, 0) is 22.0 Å². The van der Waals surface area contributed by atoms with Crippen LogP contribution in [0.25, 0.3) is 0 Å². The highest BCUT2D eigenvalue weighted by molar-refractivity contribution is 9.10. The van der Waals surface area contributed by atoms with Crippen LogP contribution in [0.15, 0.2) is 16.7 Å². The molecule has 4 N–H and O–H groups in total. The fourth-order valence-corrected chi connectivity index (χ4v) is 1.51. The number of hydrazine groups is 1. The van der Waals surface area contributed by atoms with Gasteiger partial charge in [-0.25, -0.2) is 0 Å². The first-order valence-corrected chi connectivity index (χ1v) is 6.71. The van der Waals surface area contributed by atoms with E-state index in [4.69, 9.17) is 0 Å². The average molecular weight is 345 g/mol. The third kappa shape index (κ3) is 5.04. The number of halogens is 1. The van der Waals surface area contributed by atoms with Crippen LogP contribution in [0.5, 0.6) is 0 Å². The number of hydrogen-bond donors (Lipinski definition) is 4. The molecular weight excluding hydrogens is 328 g/mol. The van der Waals surface area contributed by atoms with Crippen molar-refractivity contribution < 1.29 is 14.4 Å². The number of hydrogen-bond acceptors (Lipinski definition) is 3. The quantitative estimate of drug-likeness (QED) is 0.607. The molecule has 0 radical (unpaired) electrons. The maximum atomic E-state index is 11.6. The van der Waals surface area contributed by atoms with E-state index in [1.807, 2.05) is 0 Å². The van der Waals surface area contributed by atoms with Crippen LogP contribution in [0, 0.1) is 5.41 Å². The summed E-state index contributed by atoms with van der Waals surface area (Å²) in [4.78, 5) is 37.3. The van der Waals surface area contributed by atoms with Gasteiger partial charge in [-0.15, -0.1) is 0 Å². The lowest BCUT2D eigenvalue weighted by Gasteiger charge is -2.17. The molecule has 0 bridgehead atoms. The standard InChI is InChI=1S/C12H17BrN4O3/c1-12(2,3)11(20)15-6-9(18)16-17-10(19)8-4-7(13)5-14-8/h4-5,14H,6H2,1-3H3,(H,15,20)(H,16,18)(H,17,19). The van der Waals surface area contributed by atoms with Crippen LogP contribution < -0.4 is 16.2 Å². The maximum absolute atomic E-state index is 11.6. The second-order valence-corrected chi connectivity index (χ2v) is 6.08. The summed E-state index contributed by atoms with van der Waals surface area (Å²) in [6.45, 7) is 5.02. The van der Waals surface area contributed by atoms with Crippen LogP contribution in [0.1, 0.15) is 31.3 Å². The van der Waals surface area contributed by atoms with Gasteiger partial charge in [0.25, 0.3) is 11.8 Å². The van der Waals surface area contributed by atoms with E-state index in [0.717, 1.165) is 4.47 Å². The Morgan fingerprint density at radius 1 is 1.25 bits per heavy atom. The molecule has 0 atom stereocenters. The number of carbonyl (C=O) groups excluding carboxylic acids is 3. The molecule has 0 aromatic carbocycles. The summed E-state index contributed by atoms with van der Waals surface area (Å²) >= 11 is 3.19. The molecule has 1 aromatic heterocycles. The molecule has 1 rings (SSSR count). The minimum absolute atomic E-state index is 0.204. The zero-order valence-electron chi connectivity index (χ0n) is 11.5. The molecule has 1 aromatic rings. The Morgan fingerprint density at radius 2 is 1.90 bits per heavy atom. The molecule has 0 aliphatic heterocycles. The average Bonchev–Trinajstić information content (AvgIpc) is 2.78. The molecule has 0 unspecified atom stereocenters. The minimum Gasteiger partial charge on any atom is -0.356 e. The van der Waals surface area contributed by atoms with Crippen molar-refractivity contribution in [1.82, 2.24) is 21.2 Å². The van der Waals surface area contributed by atoms with Gasteiger partial charge in [0.05, 0.1) is 6.54 Å². The van der Waals surface area contributed by atoms with Crippen LogP contribution in [0.3, 0.4) is 0 Å². The first kappa shape index (κ1) is 16.2. The highest BCUT2D eigenvalue weighted by Crippen LogP contribution is 2.12. The van der Waals surface area contributed by atoms with Gasteiger partial charge in [0.1, 0.15) is 5.69 Å². The predicted molar refractivity (Wildman–Crippen MR) is 76.6 cm³/mol. The van der Waals surface area contributed by atoms with Crippen LogP contribution in [-0.4, -0.2) is 29.3 Å². The van der Waals surface area contributed by atoms with E-state index in [1.165, 1.54) is 0 Å². The SMILES string of the molecule is CC(C)(C)C(=O)NCC(=O)NNC(=O)c1cc(Br)c[nH]1. The maximum Gasteiger partial charge on any atom is 0.286 e. The van der Waals surface area contributed by atoms with Gasteiger partial charge in [0.15, 0.2) is 0 Å². The van der Waals surface area contributed by atoms with Crippen molar-refractivity contribution in [1.29, 1.82) is 0 Å². The summed E-state index contributed by atoms with van der Waals surface area (Å²) in [5.74, 6) is -1.24. The summed E-state index contributed by atoms with van der Waals surface area (Å²) in [6, 6.07) is 1.57. The molecule has 0 spiro atoms. The summed E-state index contributed by atoms with van der Waals surface area (Å²) in [5.41, 5.74) is 4.17. The van der Waals surface area contributed by atoms with E-state index in [2.05, 4.69) is 37.1 Å². The molecule has 0 saturated heterocycles. The Bertz CT molecular complexity index is 519. The number of nitrogens with one attached hydrogen (secondary N) is 4. The molecule has 1 heterocycles. The Hall–Kier alpha value is -1.83. The molecule has 0 aliphatic rings. The van der Waals surface area contributed by atoms with Gasteiger partial charge >= 0.3 is 0 Å². The first-order valence-electron chi connectivity index (χ1n) is 5.91. The van der Waals surface area contributed by atoms with E-state index >= 15 is 0 Å². The van der Waals surface area contributed by atoms with Crippen molar-refractivity contribution in [2.75, 3.05) is 6.54 Å². The first-order chi connectivity index (χ1) is 9.20. The third-order valence-electron chi connectivity index (χ3n) is 2.30. The van der Waals surface area contributed by atoms with Crippen LogP contribution >= 0.6 is 15.9 Å². The van der Waals surface area contributed by atoms with Crippen molar-refractivity contribution in [2.24, 2.45) is 5.41 Å². The highest BCUT2D eigenvalue weighted by Gasteiger charge is 2.21. The molecular formula is C12H17BrN4O3. The molecule has 0 saturated carbocycles. The van der Waals surface area contributed by atoms with E-state index in [1.54, 1.807) is 33.0 Å². The molecule has 0 aliphatic carbocycles. The van der Waals surface area contributed by atoms with Crippen molar-refractivity contribution in [3.8, 4) is 0 Å². The predicted octanol–water partition coefficient (Wildman–Crippen LogP) is 0.701. The molecule has 8 heteroatoms. The van der Waals surface area contributed by atoms with Crippen molar-refractivity contribution in [3.63, 3.8) is 0 Å². The second-order valence-electron chi connectivity index (χ2n) is 5.17. The molecule has 20 heavy (non-hydrogen) atoms. The number of amides is 3. The monoisotopic (exact) mass is 344 g/mol. The smallest absolute Gasteiger partial charge is 0.286 e. The third-order valence-corrected chi connectivity index (χ3v) is 2.76. The molecule has 3 amide bonds. The normalized spacial score (nSPS) is 10.8. The summed E-state index contributed by atoms with van der Waals surface area (Å²) < 4.78 is 0.728. The summed E-state index contributed by atoms with van der Waals surface area (Å²) in [7, 11) is 0. The Labute approximate surface area is 125 Å². The largest absolute Gasteiger partial charge is 0.356 e. The lowest BCUT2D eigenvalue weighted by atomic mass is 9.96. The zero-order chi connectivity index (χ0) is 15.3. The fraction of sp³-hybridized carbons (Fsp3) is 0.417. The van der Waals surface area contributed by atoms with E-state index in [0.29, 0.717) is 5.69 Å². The minimum atomic E-state index is -0.569. The van der Waals surface area contributed by atoms with Crippen molar-refractivity contribution in [2.45, 2.75) is 20.8 Å². The zero-order valence-corrected chi connectivity index (χ0v) is 13.1. The van der Waals surface area contributed by atoms with Gasteiger partial charge in [0, 0.05) is 16.1 Å². The highest BCUT2D eigenvalue weighted by atomic mass is 79.9. The summed E-state index contributed by atoms with van der Waals surface area (Å²) in [5, 5.41) is 2.47. The van der Waals surface area contributed by atoms with Crippen molar-refractivity contribution >= 4 is 33.7 Å². The van der Waals surface area contributed by atoms with Gasteiger partial charge in [-0.1, -0.05) is 20.8 Å². The van der Waals surface area contributed by atoms with Crippen LogP contribution in [0.4, 0.5) is 0 Å². The van der Waals surface area contributed by atoms with Crippen LogP contribution in [0.2, 0.25) is 0 Å². The summed E-state index contributed by atoms with van der Waals surface area (Å²) in [6.07, 6.45) is 1.60. The van der Waals surface area contributed by atoms with E-state index in [-0.39, 0.29) is 12.5 Å².